The molecule has 7 heteroatoms. The van der Waals surface area contributed by atoms with Crippen molar-refractivity contribution in [1.82, 2.24) is 10.6 Å². The minimum atomic E-state index is -0.426. The first-order valence-corrected chi connectivity index (χ1v) is 9.23. The van der Waals surface area contributed by atoms with E-state index in [2.05, 4.69) is 10.6 Å². The van der Waals surface area contributed by atoms with Crippen LogP contribution < -0.4 is 20.1 Å². The number of methoxy groups -OCH3 is 1. The fourth-order valence-corrected chi connectivity index (χ4v) is 2.50. The summed E-state index contributed by atoms with van der Waals surface area (Å²) in [5.41, 5.74) is 1.34. The minimum absolute atomic E-state index is 0.0322. The van der Waals surface area contributed by atoms with Gasteiger partial charge in [0.25, 0.3) is 5.91 Å². The highest BCUT2D eigenvalue weighted by atomic mass is 16.5. The second kappa shape index (κ2) is 11.5. The lowest BCUT2D eigenvalue weighted by Gasteiger charge is -2.16. The van der Waals surface area contributed by atoms with Crippen molar-refractivity contribution in [3.8, 4) is 11.5 Å². The Kier molecular flexibility index (Phi) is 8.72. The third-order valence-corrected chi connectivity index (χ3v) is 3.79. The van der Waals surface area contributed by atoms with Crippen molar-refractivity contribution in [3.63, 3.8) is 0 Å². The number of nitrogens with one attached hydrogen (secondary N) is 3. The van der Waals surface area contributed by atoms with Crippen LogP contribution >= 0.6 is 0 Å². The summed E-state index contributed by atoms with van der Waals surface area (Å²) < 4.78 is 16.8. The molecule has 154 valence electrons. The van der Waals surface area contributed by atoms with E-state index in [-0.39, 0.29) is 11.9 Å². The number of carbonyl (C=O) groups is 1. The molecule has 0 saturated heterocycles. The van der Waals surface area contributed by atoms with E-state index in [0.29, 0.717) is 30.3 Å². The van der Waals surface area contributed by atoms with Crippen molar-refractivity contribution in [3.05, 3.63) is 71.9 Å². The summed E-state index contributed by atoms with van der Waals surface area (Å²) in [5, 5.41) is 13.1. The molecular weight excluding hydrogens is 370 g/mol. The molecule has 0 fully saturated rings. The average Bonchev–Trinajstić information content (AvgIpc) is 2.71. The number of amides is 1. The van der Waals surface area contributed by atoms with E-state index < -0.39 is 5.91 Å². The second-order valence-electron chi connectivity index (χ2n) is 6.34. The van der Waals surface area contributed by atoms with Crippen LogP contribution in [0.1, 0.15) is 22.8 Å². The predicted octanol–water partition coefficient (Wildman–Crippen LogP) is 3.12. The van der Waals surface area contributed by atoms with Gasteiger partial charge in [0, 0.05) is 25.8 Å². The fraction of sp³-hybridized carbons (Fsp3) is 0.273. The minimum Gasteiger partial charge on any atom is -0.489 e. The summed E-state index contributed by atoms with van der Waals surface area (Å²) in [6, 6.07) is 14.7. The summed E-state index contributed by atoms with van der Waals surface area (Å²) in [7, 11) is 3.31. The van der Waals surface area contributed by atoms with Crippen LogP contribution in [0.2, 0.25) is 0 Å². The molecule has 0 saturated carbocycles. The van der Waals surface area contributed by atoms with Crippen molar-refractivity contribution in [2.45, 2.75) is 19.6 Å². The maximum Gasteiger partial charge on any atom is 0.257 e. The number of hydrogen-bond donors (Lipinski definition) is 3. The molecule has 3 N–H and O–H groups in total. The summed E-state index contributed by atoms with van der Waals surface area (Å²) in [6.45, 7) is 2.65. The van der Waals surface area contributed by atoms with Crippen LogP contribution in [0.3, 0.4) is 0 Å². The highest BCUT2D eigenvalue weighted by Gasteiger charge is 2.13. The zero-order valence-electron chi connectivity index (χ0n) is 16.9. The van der Waals surface area contributed by atoms with Crippen molar-refractivity contribution in [1.29, 1.82) is 5.41 Å². The topological polar surface area (TPSA) is 92.7 Å². The molecule has 1 amide bonds. The largest absolute Gasteiger partial charge is 0.489 e. The number of rotatable bonds is 10. The van der Waals surface area contributed by atoms with Crippen LogP contribution in [-0.4, -0.2) is 38.6 Å². The zero-order valence-corrected chi connectivity index (χ0v) is 16.9. The van der Waals surface area contributed by atoms with E-state index in [1.807, 2.05) is 37.3 Å². The molecule has 0 radical (unpaired) electrons. The lowest BCUT2D eigenvalue weighted by atomic mass is 10.1. The number of carbonyl (C=O) groups excluding carboxylic acids is 1. The summed E-state index contributed by atoms with van der Waals surface area (Å²) in [6.07, 6.45) is 2.81. The molecule has 29 heavy (non-hydrogen) atoms. The molecule has 0 heterocycles. The van der Waals surface area contributed by atoms with Crippen LogP contribution in [0.5, 0.6) is 11.5 Å². The first kappa shape index (κ1) is 22.0. The van der Waals surface area contributed by atoms with Crippen LogP contribution in [0.25, 0.3) is 0 Å². The van der Waals surface area contributed by atoms with Crippen LogP contribution in [0.15, 0.2) is 60.8 Å². The molecule has 0 unspecified atom stereocenters. The van der Waals surface area contributed by atoms with Gasteiger partial charge < -0.3 is 24.8 Å². The van der Waals surface area contributed by atoms with E-state index in [0.717, 1.165) is 5.56 Å². The van der Waals surface area contributed by atoms with E-state index in [1.165, 1.54) is 6.08 Å². The number of hydrogen-bond acceptors (Lipinski definition) is 6. The second-order valence-corrected chi connectivity index (χ2v) is 6.34. The molecule has 0 aliphatic heterocycles. The summed E-state index contributed by atoms with van der Waals surface area (Å²) in [4.78, 5) is 12.6. The Morgan fingerprint density at radius 3 is 2.59 bits per heavy atom. The molecule has 2 aromatic rings. The molecule has 0 aliphatic rings. The highest BCUT2D eigenvalue weighted by molar-refractivity contribution is 6.09. The Labute approximate surface area is 171 Å². The van der Waals surface area contributed by atoms with E-state index in [9.17, 15) is 4.79 Å². The van der Waals surface area contributed by atoms with Gasteiger partial charge in [-0.2, -0.15) is 0 Å². The predicted molar refractivity (Wildman–Crippen MR) is 113 cm³/mol. The Hall–Kier alpha value is -3.32. The normalized spacial score (nSPS) is 11.7. The fourth-order valence-electron chi connectivity index (χ4n) is 2.50. The van der Waals surface area contributed by atoms with Gasteiger partial charge in [0.1, 0.15) is 30.0 Å². The smallest absolute Gasteiger partial charge is 0.257 e. The Morgan fingerprint density at radius 1 is 1.17 bits per heavy atom. The lowest BCUT2D eigenvalue weighted by molar-refractivity contribution is 0.0911. The van der Waals surface area contributed by atoms with Gasteiger partial charge in [0.2, 0.25) is 0 Å². The Bertz CT molecular complexity index is 837. The van der Waals surface area contributed by atoms with Gasteiger partial charge in [-0.05, 0) is 36.9 Å². The van der Waals surface area contributed by atoms with E-state index in [1.54, 1.807) is 38.6 Å². The van der Waals surface area contributed by atoms with Crippen LogP contribution in [-0.2, 0) is 11.3 Å². The van der Waals surface area contributed by atoms with Crippen molar-refractivity contribution in [2.24, 2.45) is 0 Å². The highest BCUT2D eigenvalue weighted by Crippen LogP contribution is 2.25. The first-order valence-electron chi connectivity index (χ1n) is 9.23. The number of amidine groups is 1. The average molecular weight is 397 g/mol. The maximum atomic E-state index is 12.6. The molecule has 0 spiro atoms. The van der Waals surface area contributed by atoms with Crippen LogP contribution in [0.4, 0.5) is 0 Å². The number of benzene rings is 2. The van der Waals surface area contributed by atoms with Gasteiger partial charge in [-0.1, -0.05) is 30.3 Å². The number of ether oxygens (including phenoxy) is 3. The van der Waals surface area contributed by atoms with Gasteiger partial charge in [-0.25, -0.2) is 0 Å². The molecular formula is C22H27N3O4. The molecule has 2 rings (SSSR count). The molecule has 0 aromatic heterocycles. The van der Waals surface area contributed by atoms with Gasteiger partial charge >= 0.3 is 0 Å². The third-order valence-electron chi connectivity index (χ3n) is 3.79. The first-order chi connectivity index (χ1) is 14.0. The quantitative estimate of drug-likeness (QED) is 0.423. The van der Waals surface area contributed by atoms with E-state index in [4.69, 9.17) is 19.6 Å². The Morgan fingerprint density at radius 2 is 1.90 bits per heavy atom. The molecule has 0 aliphatic carbocycles. The lowest BCUT2D eigenvalue weighted by Crippen LogP contribution is -2.28. The van der Waals surface area contributed by atoms with E-state index >= 15 is 0 Å². The molecule has 1 atom stereocenters. The maximum absolute atomic E-state index is 12.6. The van der Waals surface area contributed by atoms with Crippen LogP contribution in [0, 0.1) is 5.41 Å². The van der Waals surface area contributed by atoms with Crippen molar-refractivity contribution >= 4 is 11.7 Å². The SMILES string of the molecule is CN/C=C\C(=N)NC(=O)c1cc(OCc2ccccc2)cc(O[C@H](C)COC)c1. The summed E-state index contributed by atoms with van der Waals surface area (Å²) >= 11 is 0. The zero-order chi connectivity index (χ0) is 21.1. The standard InChI is InChI=1S/C22H27N3O4/c1-16(14-27-3)29-20-12-18(22(26)25-21(23)9-10-24-2)11-19(13-20)28-15-17-7-5-4-6-8-17/h4-13,16,24H,14-15H2,1-3H3,(H2,23,25,26)/b10-9-/t16-/m1/s1. The molecule has 0 bridgehead atoms. The molecule has 2 aromatic carbocycles. The summed E-state index contributed by atoms with van der Waals surface area (Å²) in [5.74, 6) is 0.529. The van der Waals surface area contributed by atoms with Gasteiger partial charge in [0.05, 0.1) is 6.61 Å². The van der Waals surface area contributed by atoms with Gasteiger partial charge in [-0.15, -0.1) is 0 Å². The molecule has 7 nitrogen and oxygen atoms in total. The monoisotopic (exact) mass is 397 g/mol. The third kappa shape index (κ3) is 7.67. The van der Waals surface area contributed by atoms with Crippen molar-refractivity contribution in [2.75, 3.05) is 20.8 Å². The van der Waals surface area contributed by atoms with Gasteiger partial charge in [-0.3, -0.25) is 10.2 Å². The Balaban J connectivity index is 2.19. The van der Waals surface area contributed by atoms with Gasteiger partial charge in [0.15, 0.2) is 0 Å². The van der Waals surface area contributed by atoms with Crippen molar-refractivity contribution < 1.29 is 19.0 Å².